The highest BCUT2D eigenvalue weighted by Crippen LogP contribution is 2.35. The molecule has 1 saturated heterocycles. The molecular formula is C19H18F2N4O3S. The van der Waals surface area contributed by atoms with Crippen LogP contribution in [0.4, 0.5) is 8.78 Å². The number of benzene rings is 1. The highest BCUT2D eigenvalue weighted by atomic mass is 32.2. The van der Waals surface area contributed by atoms with Crippen LogP contribution in [-0.2, 0) is 16.4 Å². The van der Waals surface area contributed by atoms with Gasteiger partial charge in [0.2, 0.25) is 10.0 Å². The molecule has 0 aliphatic carbocycles. The Balaban J connectivity index is 1.38. The van der Waals surface area contributed by atoms with E-state index < -0.39 is 15.8 Å². The van der Waals surface area contributed by atoms with E-state index in [1.807, 2.05) is 0 Å². The van der Waals surface area contributed by atoms with Crippen molar-refractivity contribution in [2.24, 2.45) is 0 Å². The van der Waals surface area contributed by atoms with E-state index in [1.165, 1.54) is 27.3 Å². The Morgan fingerprint density at radius 1 is 1.10 bits per heavy atom. The molecular weight excluding hydrogens is 402 g/mol. The van der Waals surface area contributed by atoms with Gasteiger partial charge in [-0.1, -0.05) is 0 Å². The number of hydrogen-bond acceptors (Lipinski definition) is 5. The van der Waals surface area contributed by atoms with Gasteiger partial charge in [0, 0.05) is 43.4 Å². The molecule has 0 bridgehead atoms. The summed E-state index contributed by atoms with van der Waals surface area (Å²) in [5, 5.41) is 4.03. The molecule has 1 aromatic carbocycles. The topological polar surface area (TPSA) is 76.8 Å². The Hall–Kier alpha value is -2.59. The predicted octanol–water partition coefficient (Wildman–Crippen LogP) is 2.51. The number of pyridine rings is 1. The molecule has 0 unspecified atom stereocenters. The fraction of sp³-hybridized carbons (Fsp3) is 0.368. The quantitative estimate of drug-likeness (QED) is 0.651. The first kappa shape index (κ1) is 18.4. The molecule has 3 aromatic rings. The Bertz CT molecular complexity index is 1200. The fourth-order valence-electron chi connectivity index (χ4n) is 4.07. The van der Waals surface area contributed by atoms with Gasteiger partial charge in [0.25, 0.3) is 0 Å². The number of rotatable bonds is 3. The van der Waals surface area contributed by atoms with E-state index >= 15 is 0 Å². The van der Waals surface area contributed by atoms with Crippen molar-refractivity contribution in [2.45, 2.75) is 30.1 Å². The lowest BCUT2D eigenvalue weighted by atomic mass is 9.91. The molecule has 0 amide bonds. The summed E-state index contributed by atoms with van der Waals surface area (Å²) in [6, 6.07) is 3.84. The third-order valence-corrected chi connectivity index (χ3v) is 7.56. The van der Waals surface area contributed by atoms with Crippen LogP contribution < -0.4 is 4.74 Å². The summed E-state index contributed by atoms with van der Waals surface area (Å²) in [6.45, 7) is 0.801. The van der Waals surface area contributed by atoms with Gasteiger partial charge in [-0.15, -0.1) is 0 Å². The van der Waals surface area contributed by atoms with Crippen LogP contribution in [0.15, 0.2) is 35.6 Å². The van der Waals surface area contributed by atoms with E-state index in [0.29, 0.717) is 48.4 Å². The van der Waals surface area contributed by atoms with Gasteiger partial charge in [0.05, 0.1) is 6.61 Å². The first-order valence-corrected chi connectivity index (χ1v) is 10.8. The van der Waals surface area contributed by atoms with Crippen LogP contribution >= 0.6 is 0 Å². The summed E-state index contributed by atoms with van der Waals surface area (Å²) in [7, 11) is -3.97. The lowest BCUT2D eigenvalue weighted by Crippen LogP contribution is -2.38. The molecule has 0 atom stereocenters. The Labute approximate surface area is 166 Å². The van der Waals surface area contributed by atoms with Crippen molar-refractivity contribution in [3.63, 3.8) is 0 Å². The number of sulfonamides is 1. The molecule has 2 aliphatic heterocycles. The zero-order chi connectivity index (χ0) is 20.2. The van der Waals surface area contributed by atoms with Crippen molar-refractivity contribution in [1.29, 1.82) is 0 Å². The summed E-state index contributed by atoms with van der Waals surface area (Å²) in [4.78, 5) is 3.63. The third-order valence-electron chi connectivity index (χ3n) is 5.65. The number of piperidine rings is 1. The Morgan fingerprint density at radius 3 is 2.69 bits per heavy atom. The smallest absolute Gasteiger partial charge is 0.245 e. The second kappa shape index (κ2) is 6.74. The summed E-state index contributed by atoms with van der Waals surface area (Å²) < 4.78 is 63.0. The maximum Gasteiger partial charge on any atom is 0.245 e. The van der Waals surface area contributed by atoms with Crippen molar-refractivity contribution in [1.82, 2.24) is 18.9 Å². The first-order chi connectivity index (χ1) is 13.9. The second-order valence-corrected chi connectivity index (χ2v) is 9.21. The number of halogens is 2. The van der Waals surface area contributed by atoms with Gasteiger partial charge in [0.1, 0.15) is 28.6 Å². The van der Waals surface area contributed by atoms with Gasteiger partial charge >= 0.3 is 0 Å². The number of ether oxygens (including phenoxy) is 1. The standard InChI is InChI=1S/C19H18F2N4O3S/c20-15-9-19-22-11-23-25(19)10-14(15)12-1-4-24(5-2-12)29(26,27)18-7-13-3-6-28-17(13)8-16(18)21/h7-12H,1-6H2. The van der Waals surface area contributed by atoms with Crippen LogP contribution in [0.25, 0.3) is 5.65 Å². The van der Waals surface area contributed by atoms with Gasteiger partial charge in [0.15, 0.2) is 5.65 Å². The highest BCUT2D eigenvalue weighted by molar-refractivity contribution is 7.89. The van der Waals surface area contributed by atoms with E-state index in [1.54, 1.807) is 6.20 Å². The van der Waals surface area contributed by atoms with Crippen LogP contribution in [0.2, 0.25) is 0 Å². The normalized spacial score (nSPS) is 18.1. The highest BCUT2D eigenvalue weighted by Gasteiger charge is 2.34. The second-order valence-electron chi connectivity index (χ2n) is 7.31. The molecule has 4 heterocycles. The minimum Gasteiger partial charge on any atom is -0.493 e. The van der Waals surface area contributed by atoms with Crippen molar-refractivity contribution >= 4 is 15.7 Å². The van der Waals surface area contributed by atoms with Gasteiger partial charge < -0.3 is 4.74 Å². The average molecular weight is 420 g/mol. The molecule has 10 heteroatoms. The molecule has 0 spiro atoms. The minimum absolute atomic E-state index is 0.145. The summed E-state index contributed by atoms with van der Waals surface area (Å²) in [5.41, 5.74) is 1.60. The molecule has 29 heavy (non-hydrogen) atoms. The van der Waals surface area contributed by atoms with Gasteiger partial charge in [-0.2, -0.15) is 9.40 Å². The maximum absolute atomic E-state index is 14.5. The molecule has 7 nitrogen and oxygen atoms in total. The Kier molecular flexibility index (Phi) is 4.28. The first-order valence-electron chi connectivity index (χ1n) is 9.37. The third kappa shape index (κ3) is 3.06. The van der Waals surface area contributed by atoms with Crippen molar-refractivity contribution in [3.8, 4) is 5.75 Å². The Morgan fingerprint density at radius 2 is 1.90 bits per heavy atom. The van der Waals surface area contributed by atoms with Crippen LogP contribution in [-0.4, -0.2) is 47.0 Å². The zero-order valence-corrected chi connectivity index (χ0v) is 16.2. The summed E-state index contributed by atoms with van der Waals surface area (Å²) in [5.74, 6) is -0.931. The molecule has 0 radical (unpaired) electrons. The summed E-state index contributed by atoms with van der Waals surface area (Å²) >= 11 is 0. The van der Waals surface area contributed by atoms with Crippen LogP contribution in [0.1, 0.15) is 29.9 Å². The van der Waals surface area contributed by atoms with Crippen molar-refractivity contribution < 1.29 is 21.9 Å². The van der Waals surface area contributed by atoms with Crippen LogP contribution in [0, 0.1) is 11.6 Å². The molecule has 2 aromatic heterocycles. The van der Waals surface area contributed by atoms with E-state index in [0.717, 1.165) is 6.07 Å². The molecule has 5 rings (SSSR count). The monoisotopic (exact) mass is 420 g/mol. The molecule has 0 saturated carbocycles. The SMILES string of the molecule is O=S(=O)(c1cc2c(cc1F)OCC2)N1CCC(c2cn3ncnc3cc2F)CC1. The molecule has 152 valence electrons. The zero-order valence-electron chi connectivity index (χ0n) is 15.4. The van der Waals surface area contributed by atoms with Crippen LogP contribution in [0.5, 0.6) is 5.75 Å². The van der Waals surface area contributed by atoms with Crippen molar-refractivity contribution in [3.05, 3.63) is 53.5 Å². The number of aromatic nitrogens is 3. The molecule has 2 aliphatic rings. The van der Waals surface area contributed by atoms with E-state index in [-0.39, 0.29) is 29.7 Å². The van der Waals surface area contributed by atoms with E-state index in [2.05, 4.69) is 10.1 Å². The lowest BCUT2D eigenvalue weighted by Gasteiger charge is -2.31. The lowest BCUT2D eigenvalue weighted by molar-refractivity contribution is 0.314. The largest absolute Gasteiger partial charge is 0.493 e. The van der Waals surface area contributed by atoms with Gasteiger partial charge in [-0.3, -0.25) is 0 Å². The number of fused-ring (bicyclic) bond motifs is 2. The van der Waals surface area contributed by atoms with Crippen molar-refractivity contribution in [2.75, 3.05) is 19.7 Å². The van der Waals surface area contributed by atoms with Gasteiger partial charge in [-0.25, -0.2) is 26.7 Å². The molecule has 1 fully saturated rings. The maximum atomic E-state index is 14.5. The molecule has 0 N–H and O–H groups in total. The number of hydrogen-bond donors (Lipinski definition) is 0. The number of nitrogens with zero attached hydrogens (tertiary/aromatic N) is 4. The van der Waals surface area contributed by atoms with E-state index in [4.69, 9.17) is 4.74 Å². The average Bonchev–Trinajstić information content (AvgIpc) is 3.35. The summed E-state index contributed by atoms with van der Waals surface area (Å²) in [6.07, 6.45) is 4.39. The predicted molar refractivity (Wildman–Crippen MR) is 99.3 cm³/mol. The minimum atomic E-state index is -3.97. The van der Waals surface area contributed by atoms with Crippen LogP contribution in [0.3, 0.4) is 0 Å². The van der Waals surface area contributed by atoms with E-state index in [9.17, 15) is 17.2 Å². The van der Waals surface area contributed by atoms with Gasteiger partial charge in [-0.05, 0) is 30.4 Å². The fourth-order valence-corrected chi connectivity index (χ4v) is 5.64.